The number of amides is 1. The Hall–Kier alpha value is -1.06. The van der Waals surface area contributed by atoms with Crippen LogP contribution in [0.5, 0.6) is 0 Å². The van der Waals surface area contributed by atoms with Gasteiger partial charge in [-0.3, -0.25) is 9.59 Å². The molecule has 0 aliphatic heterocycles. The minimum Gasteiger partial charge on any atom is -0.480 e. The number of carboxylic acid groups (broad SMARTS) is 1. The van der Waals surface area contributed by atoms with Crippen molar-refractivity contribution in [3.63, 3.8) is 0 Å². The van der Waals surface area contributed by atoms with Gasteiger partial charge in [0.25, 0.3) is 0 Å². The van der Waals surface area contributed by atoms with Crippen molar-refractivity contribution in [1.29, 1.82) is 0 Å². The van der Waals surface area contributed by atoms with Crippen LogP contribution in [0.2, 0.25) is 0 Å². The zero-order chi connectivity index (χ0) is 11.4. The maximum atomic E-state index is 11.5. The van der Waals surface area contributed by atoms with Gasteiger partial charge in [0.15, 0.2) is 0 Å². The van der Waals surface area contributed by atoms with Crippen molar-refractivity contribution in [2.45, 2.75) is 33.6 Å². The molecule has 4 heteroatoms. The molecule has 0 saturated carbocycles. The fourth-order valence-corrected chi connectivity index (χ4v) is 1.82. The Kier molecular flexibility index (Phi) is 4.60. The van der Waals surface area contributed by atoms with Gasteiger partial charge in [0.05, 0.1) is 0 Å². The molecule has 2 N–H and O–H groups in total. The molecule has 1 atom stereocenters. The molecule has 14 heavy (non-hydrogen) atoms. The Balaban J connectivity index is 5.07. The quantitative estimate of drug-likeness (QED) is 0.658. The van der Waals surface area contributed by atoms with Crippen molar-refractivity contribution >= 4 is 11.9 Å². The van der Waals surface area contributed by atoms with Gasteiger partial charge < -0.3 is 10.4 Å². The molecule has 0 bridgehead atoms. The average Bonchev–Trinajstić information content (AvgIpc) is 2.17. The third-order valence-corrected chi connectivity index (χ3v) is 2.95. The van der Waals surface area contributed by atoms with E-state index >= 15 is 0 Å². The molecule has 0 heterocycles. The minimum absolute atomic E-state index is 0.125. The maximum Gasteiger partial charge on any atom is 0.319 e. The normalized spacial score (nSPS) is 14.9. The van der Waals surface area contributed by atoms with Crippen LogP contribution in [0.15, 0.2) is 0 Å². The number of aliphatic carboxylic acids is 1. The van der Waals surface area contributed by atoms with Gasteiger partial charge in [0, 0.05) is 7.05 Å². The average molecular weight is 201 g/mol. The van der Waals surface area contributed by atoms with E-state index in [1.165, 1.54) is 14.0 Å². The summed E-state index contributed by atoms with van der Waals surface area (Å²) in [5.74, 6) is -1.59. The summed E-state index contributed by atoms with van der Waals surface area (Å²) in [6, 6.07) is 0. The van der Waals surface area contributed by atoms with E-state index in [0.717, 1.165) is 0 Å². The number of nitrogens with one attached hydrogen (secondary N) is 1. The van der Waals surface area contributed by atoms with Gasteiger partial charge in [0.2, 0.25) is 5.91 Å². The topological polar surface area (TPSA) is 66.4 Å². The van der Waals surface area contributed by atoms with Crippen LogP contribution in [0.25, 0.3) is 0 Å². The first-order valence-corrected chi connectivity index (χ1v) is 4.90. The lowest BCUT2D eigenvalue weighted by Crippen LogP contribution is -2.48. The maximum absolute atomic E-state index is 11.5. The fourth-order valence-electron chi connectivity index (χ4n) is 1.82. The molecule has 1 amide bonds. The van der Waals surface area contributed by atoms with Crippen molar-refractivity contribution in [3.05, 3.63) is 0 Å². The molecule has 0 aromatic carbocycles. The van der Waals surface area contributed by atoms with Crippen LogP contribution in [-0.4, -0.2) is 24.0 Å². The summed E-state index contributed by atoms with van der Waals surface area (Å²) in [6.07, 6.45) is 1.37. The van der Waals surface area contributed by atoms with Crippen molar-refractivity contribution in [2.75, 3.05) is 7.05 Å². The standard InChI is InChI=1S/C10H19NO3/c1-5-7(6-2)10(3,9(13)14)8(12)11-4/h7H,5-6H2,1-4H3,(H,11,12)(H,13,14). The molecule has 0 aliphatic carbocycles. The van der Waals surface area contributed by atoms with Gasteiger partial charge in [0.1, 0.15) is 5.41 Å². The van der Waals surface area contributed by atoms with E-state index in [9.17, 15) is 9.59 Å². The molecule has 0 aromatic heterocycles. The largest absolute Gasteiger partial charge is 0.480 e. The van der Waals surface area contributed by atoms with Crippen molar-refractivity contribution in [1.82, 2.24) is 5.32 Å². The molecule has 0 aliphatic rings. The fraction of sp³-hybridized carbons (Fsp3) is 0.800. The number of hydrogen-bond donors (Lipinski definition) is 2. The second-order valence-electron chi connectivity index (χ2n) is 3.60. The van der Waals surface area contributed by atoms with Gasteiger partial charge >= 0.3 is 5.97 Å². The third kappa shape index (κ3) is 2.05. The first-order valence-electron chi connectivity index (χ1n) is 4.90. The lowest BCUT2D eigenvalue weighted by molar-refractivity contribution is -0.158. The predicted molar refractivity (Wildman–Crippen MR) is 53.9 cm³/mol. The van der Waals surface area contributed by atoms with Gasteiger partial charge in [-0.2, -0.15) is 0 Å². The second-order valence-corrected chi connectivity index (χ2v) is 3.60. The first-order chi connectivity index (χ1) is 6.44. The lowest BCUT2D eigenvalue weighted by atomic mass is 9.73. The van der Waals surface area contributed by atoms with Crippen molar-refractivity contribution in [3.8, 4) is 0 Å². The summed E-state index contributed by atoms with van der Waals surface area (Å²) in [6.45, 7) is 5.29. The molecule has 1 unspecified atom stereocenters. The Morgan fingerprint density at radius 2 is 1.79 bits per heavy atom. The summed E-state index contributed by atoms with van der Waals surface area (Å²) >= 11 is 0. The molecular formula is C10H19NO3. The van der Waals surface area contributed by atoms with E-state index in [2.05, 4.69) is 5.32 Å². The van der Waals surface area contributed by atoms with E-state index in [-0.39, 0.29) is 5.92 Å². The zero-order valence-corrected chi connectivity index (χ0v) is 9.26. The summed E-state index contributed by atoms with van der Waals surface area (Å²) < 4.78 is 0. The number of carbonyl (C=O) groups is 2. The molecular weight excluding hydrogens is 182 g/mol. The SMILES string of the molecule is CCC(CC)C(C)(C(=O)O)C(=O)NC. The highest BCUT2D eigenvalue weighted by Crippen LogP contribution is 2.33. The van der Waals surface area contributed by atoms with E-state index in [0.29, 0.717) is 12.8 Å². The molecule has 0 radical (unpaired) electrons. The molecule has 0 fully saturated rings. The van der Waals surface area contributed by atoms with E-state index in [1.807, 2.05) is 13.8 Å². The predicted octanol–water partition coefficient (Wildman–Crippen LogP) is 1.26. The Morgan fingerprint density at radius 1 is 1.36 bits per heavy atom. The van der Waals surface area contributed by atoms with Crippen LogP contribution in [0, 0.1) is 11.3 Å². The van der Waals surface area contributed by atoms with E-state index in [1.54, 1.807) is 0 Å². The summed E-state index contributed by atoms with van der Waals surface area (Å²) in [5.41, 5.74) is -1.31. The van der Waals surface area contributed by atoms with Crippen LogP contribution in [-0.2, 0) is 9.59 Å². The molecule has 0 rings (SSSR count). The molecule has 4 nitrogen and oxygen atoms in total. The highest BCUT2D eigenvalue weighted by Gasteiger charge is 2.46. The van der Waals surface area contributed by atoms with Crippen LogP contribution < -0.4 is 5.32 Å². The number of rotatable bonds is 5. The molecule has 0 spiro atoms. The van der Waals surface area contributed by atoms with Gasteiger partial charge in [-0.15, -0.1) is 0 Å². The zero-order valence-electron chi connectivity index (χ0n) is 9.26. The summed E-state index contributed by atoms with van der Waals surface area (Å²) in [5, 5.41) is 11.5. The summed E-state index contributed by atoms with van der Waals surface area (Å²) in [7, 11) is 1.46. The number of carboxylic acids is 1. The van der Waals surface area contributed by atoms with Crippen LogP contribution in [0.1, 0.15) is 33.6 Å². The lowest BCUT2D eigenvalue weighted by Gasteiger charge is -2.30. The van der Waals surface area contributed by atoms with Gasteiger partial charge in [-0.1, -0.05) is 26.7 Å². The Bertz CT molecular complexity index is 223. The monoisotopic (exact) mass is 201 g/mol. The number of carbonyl (C=O) groups excluding carboxylic acids is 1. The van der Waals surface area contributed by atoms with Crippen LogP contribution >= 0.6 is 0 Å². The second kappa shape index (κ2) is 4.98. The van der Waals surface area contributed by atoms with Crippen LogP contribution in [0.3, 0.4) is 0 Å². The third-order valence-electron chi connectivity index (χ3n) is 2.95. The molecule has 0 aromatic rings. The molecule has 82 valence electrons. The highest BCUT2D eigenvalue weighted by molar-refractivity contribution is 6.01. The first kappa shape index (κ1) is 12.9. The van der Waals surface area contributed by atoms with Gasteiger partial charge in [-0.25, -0.2) is 0 Å². The highest BCUT2D eigenvalue weighted by atomic mass is 16.4. The molecule has 0 saturated heterocycles. The smallest absolute Gasteiger partial charge is 0.319 e. The summed E-state index contributed by atoms with van der Waals surface area (Å²) in [4.78, 5) is 22.7. The minimum atomic E-state index is -1.31. The Labute approximate surface area is 84.7 Å². The van der Waals surface area contributed by atoms with Crippen LogP contribution in [0.4, 0.5) is 0 Å². The van der Waals surface area contributed by atoms with Gasteiger partial charge in [-0.05, 0) is 12.8 Å². The van der Waals surface area contributed by atoms with Crippen molar-refractivity contribution in [2.24, 2.45) is 11.3 Å². The van der Waals surface area contributed by atoms with Crippen molar-refractivity contribution < 1.29 is 14.7 Å². The van der Waals surface area contributed by atoms with E-state index in [4.69, 9.17) is 5.11 Å². The number of hydrogen-bond acceptors (Lipinski definition) is 2. The Morgan fingerprint density at radius 3 is 2.00 bits per heavy atom. The van der Waals surface area contributed by atoms with E-state index < -0.39 is 17.3 Å².